The Morgan fingerprint density at radius 3 is 2.62 bits per heavy atom. The molecule has 0 bridgehead atoms. The SMILES string of the molecule is Cc1sc(Br)cc1S(=O)(=O)N1CCC(c2ccccc2)C1. The second-order valence-corrected chi connectivity index (χ2v) is 9.77. The lowest BCUT2D eigenvalue weighted by Gasteiger charge is -2.16. The number of nitrogens with zero attached hydrogens (tertiary/aromatic N) is 1. The highest BCUT2D eigenvalue weighted by molar-refractivity contribution is 9.11. The van der Waals surface area contributed by atoms with Gasteiger partial charge in [-0.3, -0.25) is 0 Å². The first-order chi connectivity index (χ1) is 9.98. The molecule has 1 aromatic carbocycles. The normalized spacial score (nSPS) is 20.0. The Hall–Kier alpha value is -0.690. The molecule has 21 heavy (non-hydrogen) atoms. The van der Waals surface area contributed by atoms with Gasteiger partial charge in [0, 0.05) is 18.0 Å². The lowest BCUT2D eigenvalue weighted by Crippen LogP contribution is -2.28. The summed E-state index contributed by atoms with van der Waals surface area (Å²) >= 11 is 4.83. The first-order valence-corrected chi connectivity index (χ1v) is 9.84. The molecule has 0 N–H and O–H groups in total. The second kappa shape index (κ2) is 5.83. The summed E-state index contributed by atoms with van der Waals surface area (Å²) in [5, 5.41) is 0. The Balaban J connectivity index is 1.84. The van der Waals surface area contributed by atoms with Crippen LogP contribution in [0.2, 0.25) is 0 Å². The first kappa shape index (κ1) is 15.2. The zero-order valence-electron chi connectivity index (χ0n) is 11.6. The molecule has 0 radical (unpaired) electrons. The van der Waals surface area contributed by atoms with Crippen LogP contribution in [0, 0.1) is 6.92 Å². The van der Waals surface area contributed by atoms with Crippen molar-refractivity contribution in [2.24, 2.45) is 0 Å². The van der Waals surface area contributed by atoms with Crippen LogP contribution < -0.4 is 0 Å². The maximum Gasteiger partial charge on any atom is 0.244 e. The average molecular weight is 386 g/mol. The van der Waals surface area contributed by atoms with Gasteiger partial charge in [0.15, 0.2) is 0 Å². The van der Waals surface area contributed by atoms with Gasteiger partial charge in [-0.25, -0.2) is 8.42 Å². The van der Waals surface area contributed by atoms with Gasteiger partial charge >= 0.3 is 0 Å². The third kappa shape index (κ3) is 2.95. The topological polar surface area (TPSA) is 37.4 Å². The summed E-state index contributed by atoms with van der Waals surface area (Å²) in [6, 6.07) is 11.9. The van der Waals surface area contributed by atoms with Crippen molar-refractivity contribution in [3.05, 3.63) is 50.6 Å². The Morgan fingerprint density at radius 1 is 1.29 bits per heavy atom. The van der Waals surface area contributed by atoms with Crippen molar-refractivity contribution in [1.29, 1.82) is 0 Å². The third-order valence-corrected chi connectivity index (χ3v) is 7.56. The van der Waals surface area contributed by atoms with Crippen molar-refractivity contribution in [2.75, 3.05) is 13.1 Å². The van der Waals surface area contributed by atoms with Crippen LogP contribution in [-0.4, -0.2) is 25.8 Å². The van der Waals surface area contributed by atoms with Gasteiger partial charge in [0.1, 0.15) is 0 Å². The predicted octanol–water partition coefficient (Wildman–Crippen LogP) is 4.00. The van der Waals surface area contributed by atoms with Gasteiger partial charge < -0.3 is 0 Å². The molecule has 1 aliphatic rings. The summed E-state index contributed by atoms with van der Waals surface area (Å²) in [6.45, 7) is 3.01. The monoisotopic (exact) mass is 385 g/mol. The molecule has 1 unspecified atom stereocenters. The summed E-state index contributed by atoms with van der Waals surface area (Å²) in [4.78, 5) is 1.28. The highest BCUT2D eigenvalue weighted by atomic mass is 79.9. The van der Waals surface area contributed by atoms with E-state index in [9.17, 15) is 8.42 Å². The van der Waals surface area contributed by atoms with Gasteiger partial charge in [-0.1, -0.05) is 30.3 Å². The highest BCUT2D eigenvalue weighted by Crippen LogP contribution is 2.35. The number of hydrogen-bond acceptors (Lipinski definition) is 3. The molecule has 6 heteroatoms. The maximum absolute atomic E-state index is 12.8. The molecule has 0 aliphatic carbocycles. The molecule has 3 nitrogen and oxygen atoms in total. The van der Waals surface area contributed by atoms with Gasteiger partial charge in [0.25, 0.3) is 0 Å². The van der Waals surface area contributed by atoms with Gasteiger partial charge in [0.2, 0.25) is 10.0 Å². The molecule has 1 saturated heterocycles. The minimum Gasteiger partial charge on any atom is -0.207 e. The van der Waals surface area contributed by atoms with E-state index in [0.29, 0.717) is 23.9 Å². The number of rotatable bonds is 3. The molecular weight excluding hydrogens is 370 g/mol. The van der Waals surface area contributed by atoms with E-state index in [2.05, 4.69) is 28.1 Å². The molecule has 112 valence electrons. The van der Waals surface area contributed by atoms with Crippen LogP contribution >= 0.6 is 27.3 Å². The minimum absolute atomic E-state index is 0.295. The Bertz CT molecular complexity index is 740. The molecule has 3 rings (SSSR count). The number of benzene rings is 1. The molecular formula is C15H16BrNO2S2. The highest BCUT2D eigenvalue weighted by Gasteiger charge is 2.34. The quantitative estimate of drug-likeness (QED) is 0.800. The van der Waals surface area contributed by atoms with Crippen LogP contribution in [0.25, 0.3) is 0 Å². The lowest BCUT2D eigenvalue weighted by molar-refractivity contribution is 0.473. The average Bonchev–Trinajstić information content (AvgIpc) is 3.07. The minimum atomic E-state index is -3.38. The summed E-state index contributed by atoms with van der Waals surface area (Å²) in [5.41, 5.74) is 1.22. The van der Waals surface area contributed by atoms with E-state index in [0.717, 1.165) is 15.1 Å². The lowest BCUT2D eigenvalue weighted by atomic mass is 9.99. The number of sulfonamides is 1. The van der Waals surface area contributed by atoms with Crippen molar-refractivity contribution >= 4 is 37.3 Å². The van der Waals surface area contributed by atoms with Crippen molar-refractivity contribution in [1.82, 2.24) is 4.31 Å². The summed E-state index contributed by atoms with van der Waals surface area (Å²) in [7, 11) is -3.38. The summed E-state index contributed by atoms with van der Waals surface area (Å²) < 4.78 is 28.0. The van der Waals surface area contributed by atoms with Gasteiger partial charge in [-0.05, 0) is 46.8 Å². The van der Waals surface area contributed by atoms with Crippen molar-refractivity contribution < 1.29 is 8.42 Å². The van der Waals surface area contributed by atoms with Gasteiger partial charge in [0.05, 0.1) is 8.68 Å². The second-order valence-electron chi connectivity index (χ2n) is 5.23. The third-order valence-electron chi connectivity index (χ3n) is 3.88. The molecule has 1 aliphatic heterocycles. The van der Waals surface area contributed by atoms with Crippen LogP contribution in [-0.2, 0) is 10.0 Å². The van der Waals surface area contributed by atoms with E-state index in [4.69, 9.17) is 0 Å². The largest absolute Gasteiger partial charge is 0.244 e. The van der Waals surface area contributed by atoms with E-state index < -0.39 is 10.0 Å². The fourth-order valence-corrected chi connectivity index (χ4v) is 6.65. The smallest absolute Gasteiger partial charge is 0.207 e. The van der Waals surface area contributed by atoms with E-state index in [1.165, 1.54) is 16.9 Å². The van der Waals surface area contributed by atoms with Crippen LogP contribution in [0.1, 0.15) is 22.8 Å². The molecule has 0 saturated carbocycles. The van der Waals surface area contributed by atoms with Crippen LogP contribution in [0.4, 0.5) is 0 Å². The molecule has 1 aromatic heterocycles. The number of thiophene rings is 1. The van der Waals surface area contributed by atoms with Crippen molar-refractivity contribution in [3.63, 3.8) is 0 Å². The predicted molar refractivity (Wildman–Crippen MR) is 89.3 cm³/mol. The number of hydrogen-bond donors (Lipinski definition) is 0. The molecule has 2 aromatic rings. The standard InChI is InChI=1S/C15H16BrNO2S2/c1-11-14(9-15(16)20-11)21(18,19)17-8-7-13(10-17)12-5-3-2-4-6-12/h2-6,9,13H,7-8,10H2,1H3. The maximum atomic E-state index is 12.8. The first-order valence-electron chi connectivity index (χ1n) is 6.79. The number of halogens is 1. The van der Waals surface area contributed by atoms with Crippen LogP contribution in [0.3, 0.4) is 0 Å². The van der Waals surface area contributed by atoms with Gasteiger partial charge in [-0.2, -0.15) is 4.31 Å². The summed E-state index contributed by atoms with van der Waals surface area (Å²) in [6.07, 6.45) is 0.883. The molecule has 1 atom stereocenters. The van der Waals surface area contributed by atoms with Crippen molar-refractivity contribution in [2.45, 2.75) is 24.2 Å². The number of aryl methyl sites for hydroxylation is 1. The van der Waals surface area contributed by atoms with E-state index in [-0.39, 0.29) is 0 Å². The van der Waals surface area contributed by atoms with E-state index in [1.54, 1.807) is 10.4 Å². The zero-order chi connectivity index (χ0) is 15.0. The molecule has 0 spiro atoms. The van der Waals surface area contributed by atoms with Crippen molar-refractivity contribution in [3.8, 4) is 0 Å². The molecule has 0 amide bonds. The van der Waals surface area contributed by atoms with E-state index >= 15 is 0 Å². The zero-order valence-corrected chi connectivity index (χ0v) is 14.8. The van der Waals surface area contributed by atoms with Gasteiger partial charge in [-0.15, -0.1) is 11.3 Å². The van der Waals surface area contributed by atoms with Crippen LogP contribution in [0.15, 0.2) is 45.1 Å². The molecule has 1 fully saturated rings. The Kier molecular flexibility index (Phi) is 4.23. The van der Waals surface area contributed by atoms with Crippen LogP contribution in [0.5, 0.6) is 0 Å². The Labute approximate surface area is 137 Å². The fourth-order valence-electron chi connectivity index (χ4n) is 2.77. The van der Waals surface area contributed by atoms with E-state index in [1.807, 2.05) is 25.1 Å². The Morgan fingerprint density at radius 2 is 2.00 bits per heavy atom. The summed E-state index contributed by atoms with van der Waals surface area (Å²) in [5.74, 6) is 0.295. The fraction of sp³-hybridized carbons (Fsp3) is 0.333. The molecule has 2 heterocycles.